The molecule has 1 aromatic rings. The highest BCUT2D eigenvalue weighted by molar-refractivity contribution is 5.88. The Kier molecular flexibility index (Phi) is 6.35. The van der Waals surface area contributed by atoms with Crippen molar-refractivity contribution in [2.45, 2.75) is 32.1 Å². The number of carboxylic acid groups (broad SMARTS) is 2. The molecule has 0 aliphatic rings. The van der Waals surface area contributed by atoms with Crippen molar-refractivity contribution in [3.8, 4) is 0 Å². The van der Waals surface area contributed by atoms with Crippen molar-refractivity contribution in [1.29, 1.82) is 0 Å². The topological polar surface area (TPSA) is 113 Å². The van der Waals surface area contributed by atoms with Gasteiger partial charge in [0.15, 0.2) is 0 Å². The van der Waals surface area contributed by atoms with Crippen LogP contribution in [0.4, 0.5) is 0 Å². The Hall–Kier alpha value is -2.41. The number of carbonyl (C=O) groups excluding carboxylic acids is 1. The third-order valence-electron chi connectivity index (χ3n) is 2.71. The lowest BCUT2D eigenvalue weighted by Crippen LogP contribution is -2.46. The second-order valence-corrected chi connectivity index (χ2v) is 4.44. The van der Waals surface area contributed by atoms with Crippen LogP contribution in [-0.2, 0) is 25.7 Å². The zero-order chi connectivity index (χ0) is 15.8. The lowest BCUT2D eigenvalue weighted by Gasteiger charge is -2.17. The standard InChI is InChI=1S/C14H17NO6/c1-9(21-8-10-5-3-2-4-6-10)13(18)15-11(14(19)20)7-12(16)17/h2-6,9,11H,7-8H2,1H3,(H,15,18)(H,16,17)(H,19,20). The second kappa shape index (κ2) is 8.01. The lowest BCUT2D eigenvalue weighted by atomic mass is 10.2. The Morgan fingerprint density at radius 2 is 1.81 bits per heavy atom. The largest absolute Gasteiger partial charge is 0.481 e. The number of carboxylic acids is 2. The molecular formula is C14H17NO6. The summed E-state index contributed by atoms with van der Waals surface area (Å²) in [6, 6.07) is 7.69. The molecule has 0 aliphatic carbocycles. The zero-order valence-electron chi connectivity index (χ0n) is 11.5. The lowest BCUT2D eigenvalue weighted by molar-refractivity contribution is -0.148. The molecule has 0 saturated heterocycles. The molecule has 0 saturated carbocycles. The van der Waals surface area contributed by atoms with Crippen LogP contribution >= 0.6 is 0 Å². The number of rotatable bonds is 8. The van der Waals surface area contributed by atoms with Gasteiger partial charge in [0.2, 0.25) is 5.91 Å². The molecule has 0 spiro atoms. The Labute approximate surface area is 121 Å². The van der Waals surface area contributed by atoms with Crippen molar-refractivity contribution in [3.63, 3.8) is 0 Å². The van der Waals surface area contributed by atoms with Crippen molar-refractivity contribution in [2.24, 2.45) is 0 Å². The van der Waals surface area contributed by atoms with Crippen LogP contribution in [0.5, 0.6) is 0 Å². The highest BCUT2D eigenvalue weighted by Gasteiger charge is 2.25. The number of benzene rings is 1. The van der Waals surface area contributed by atoms with Gasteiger partial charge < -0.3 is 20.3 Å². The van der Waals surface area contributed by atoms with Crippen LogP contribution in [0.25, 0.3) is 0 Å². The third-order valence-corrected chi connectivity index (χ3v) is 2.71. The highest BCUT2D eigenvalue weighted by atomic mass is 16.5. The van der Waals surface area contributed by atoms with Crippen molar-refractivity contribution < 1.29 is 29.3 Å². The number of amides is 1. The summed E-state index contributed by atoms with van der Waals surface area (Å²) >= 11 is 0. The smallest absolute Gasteiger partial charge is 0.326 e. The molecule has 114 valence electrons. The predicted octanol–water partition coefficient (Wildman–Crippen LogP) is 0.636. The molecule has 0 aliphatic heterocycles. The first-order chi connectivity index (χ1) is 9.90. The molecule has 0 radical (unpaired) electrons. The first kappa shape index (κ1) is 16.6. The van der Waals surface area contributed by atoms with Gasteiger partial charge in [-0.15, -0.1) is 0 Å². The van der Waals surface area contributed by atoms with Crippen molar-refractivity contribution in [3.05, 3.63) is 35.9 Å². The first-order valence-electron chi connectivity index (χ1n) is 6.30. The van der Waals surface area contributed by atoms with Gasteiger partial charge in [0.05, 0.1) is 13.0 Å². The summed E-state index contributed by atoms with van der Waals surface area (Å²) in [5.74, 6) is -3.37. The van der Waals surface area contributed by atoms with E-state index in [0.717, 1.165) is 5.56 Å². The molecule has 2 unspecified atom stereocenters. The summed E-state index contributed by atoms with van der Waals surface area (Å²) in [6.07, 6.45) is -1.58. The van der Waals surface area contributed by atoms with Crippen LogP contribution in [0, 0.1) is 0 Å². The molecule has 7 heteroatoms. The molecule has 0 aromatic heterocycles. The number of nitrogens with one attached hydrogen (secondary N) is 1. The minimum Gasteiger partial charge on any atom is -0.481 e. The van der Waals surface area contributed by atoms with E-state index in [1.165, 1.54) is 6.92 Å². The highest BCUT2D eigenvalue weighted by Crippen LogP contribution is 2.04. The van der Waals surface area contributed by atoms with Gasteiger partial charge in [-0.05, 0) is 12.5 Å². The summed E-state index contributed by atoms with van der Waals surface area (Å²) in [4.78, 5) is 33.2. The molecule has 3 N–H and O–H groups in total. The van der Waals surface area contributed by atoms with Crippen LogP contribution in [0.3, 0.4) is 0 Å². The summed E-state index contributed by atoms with van der Waals surface area (Å²) in [6.45, 7) is 1.67. The van der Waals surface area contributed by atoms with E-state index >= 15 is 0 Å². The third kappa shape index (κ3) is 6.05. The molecule has 21 heavy (non-hydrogen) atoms. The van der Waals surface area contributed by atoms with E-state index in [0.29, 0.717) is 0 Å². The first-order valence-corrected chi connectivity index (χ1v) is 6.30. The van der Waals surface area contributed by atoms with Crippen molar-refractivity contribution >= 4 is 17.8 Å². The van der Waals surface area contributed by atoms with Crippen LogP contribution in [0.2, 0.25) is 0 Å². The molecule has 1 rings (SSSR count). The van der Waals surface area contributed by atoms with Gasteiger partial charge in [0, 0.05) is 0 Å². The van der Waals surface area contributed by atoms with Crippen molar-refractivity contribution in [1.82, 2.24) is 5.32 Å². The molecule has 1 aromatic carbocycles. The maximum atomic E-state index is 11.8. The maximum absolute atomic E-state index is 11.8. The number of ether oxygens (including phenoxy) is 1. The molecule has 0 fully saturated rings. The Bertz CT molecular complexity index is 501. The van der Waals surface area contributed by atoms with E-state index < -0.39 is 36.4 Å². The summed E-state index contributed by atoms with van der Waals surface area (Å²) in [7, 11) is 0. The van der Waals surface area contributed by atoms with Crippen LogP contribution in [-0.4, -0.2) is 40.2 Å². The van der Waals surface area contributed by atoms with Crippen molar-refractivity contribution in [2.75, 3.05) is 0 Å². The van der Waals surface area contributed by atoms with Crippen LogP contribution in [0.15, 0.2) is 30.3 Å². The molecule has 7 nitrogen and oxygen atoms in total. The summed E-state index contributed by atoms with van der Waals surface area (Å²) in [5, 5.41) is 19.6. The minimum atomic E-state index is -1.47. The number of hydrogen-bond acceptors (Lipinski definition) is 4. The second-order valence-electron chi connectivity index (χ2n) is 4.44. The van der Waals surface area contributed by atoms with Gasteiger partial charge in [-0.3, -0.25) is 9.59 Å². The molecule has 2 atom stereocenters. The van der Waals surface area contributed by atoms with Gasteiger partial charge in [-0.1, -0.05) is 30.3 Å². The molecular weight excluding hydrogens is 278 g/mol. The Morgan fingerprint density at radius 3 is 2.33 bits per heavy atom. The van der Waals surface area contributed by atoms with E-state index in [4.69, 9.17) is 14.9 Å². The average Bonchev–Trinajstić information content (AvgIpc) is 2.44. The van der Waals surface area contributed by atoms with E-state index in [1.54, 1.807) is 0 Å². The summed E-state index contributed by atoms with van der Waals surface area (Å²) < 4.78 is 5.32. The quantitative estimate of drug-likeness (QED) is 0.648. The van der Waals surface area contributed by atoms with E-state index in [9.17, 15) is 14.4 Å². The van der Waals surface area contributed by atoms with E-state index in [2.05, 4.69) is 5.32 Å². The number of aliphatic carboxylic acids is 2. The van der Waals surface area contributed by atoms with Gasteiger partial charge in [0.1, 0.15) is 12.1 Å². The summed E-state index contributed by atoms with van der Waals surface area (Å²) in [5.41, 5.74) is 0.873. The van der Waals surface area contributed by atoms with Crippen LogP contribution in [0.1, 0.15) is 18.9 Å². The van der Waals surface area contributed by atoms with Gasteiger partial charge >= 0.3 is 11.9 Å². The monoisotopic (exact) mass is 295 g/mol. The normalized spacial score (nSPS) is 13.2. The van der Waals surface area contributed by atoms with E-state index in [-0.39, 0.29) is 6.61 Å². The van der Waals surface area contributed by atoms with E-state index in [1.807, 2.05) is 30.3 Å². The molecule has 0 bridgehead atoms. The minimum absolute atomic E-state index is 0.200. The predicted molar refractivity (Wildman–Crippen MR) is 72.5 cm³/mol. The van der Waals surface area contributed by atoms with Gasteiger partial charge in [-0.2, -0.15) is 0 Å². The molecule has 1 amide bonds. The Balaban J connectivity index is 2.49. The van der Waals surface area contributed by atoms with Gasteiger partial charge in [0.25, 0.3) is 0 Å². The SMILES string of the molecule is CC(OCc1ccccc1)C(=O)NC(CC(=O)O)C(=O)O. The number of hydrogen-bond donors (Lipinski definition) is 3. The van der Waals surface area contributed by atoms with Crippen LogP contribution < -0.4 is 5.32 Å². The Morgan fingerprint density at radius 1 is 1.19 bits per heavy atom. The fourth-order valence-electron chi connectivity index (χ4n) is 1.53. The maximum Gasteiger partial charge on any atom is 0.326 e. The number of carbonyl (C=O) groups is 3. The fourth-order valence-corrected chi connectivity index (χ4v) is 1.53. The molecule has 0 heterocycles. The van der Waals surface area contributed by atoms with Gasteiger partial charge in [-0.25, -0.2) is 4.79 Å². The fraction of sp³-hybridized carbons (Fsp3) is 0.357. The zero-order valence-corrected chi connectivity index (χ0v) is 11.5. The average molecular weight is 295 g/mol.